The molecule has 2 heteroatoms. The van der Waals surface area contributed by atoms with Gasteiger partial charge in [-0.15, -0.1) is 13.2 Å². The lowest BCUT2D eigenvalue weighted by atomic mass is 10.0. The van der Waals surface area contributed by atoms with E-state index in [4.69, 9.17) is 4.43 Å². The molecule has 0 aliphatic heterocycles. The van der Waals surface area contributed by atoms with Crippen LogP contribution in [0.15, 0.2) is 86.0 Å². The largest absolute Gasteiger partial charge is 0.398 e. The standard InChI is InChI=1S/C20H23OSi/c1-4-6-17-20(3,5-2)21-22(18-13-9-7-10-14-18)19-15-11-8-12-16-19/h4-5,7-16H,1-2,6,17H2,3H3. The minimum Gasteiger partial charge on any atom is -0.398 e. The number of hydrogen-bond acceptors (Lipinski definition) is 1. The molecule has 0 spiro atoms. The zero-order chi connectivity index (χ0) is 15.8. The van der Waals surface area contributed by atoms with Crippen LogP contribution in [0.2, 0.25) is 0 Å². The lowest BCUT2D eigenvalue weighted by Crippen LogP contribution is -2.50. The molecule has 22 heavy (non-hydrogen) atoms. The van der Waals surface area contributed by atoms with Crippen LogP contribution >= 0.6 is 0 Å². The van der Waals surface area contributed by atoms with E-state index < -0.39 is 9.04 Å². The molecule has 0 heterocycles. The Labute approximate surface area is 135 Å². The van der Waals surface area contributed by atoms with Crippen molar-refractivity contribution in [3.05, 3.63) is 86.0 Å². The first-order chi connectivity index (χ1) is 10.7. The fraction of sp³-hybridized carbons (Fsp3) is 0.200. The van der Waals surface area contributed by atoms with Gasteiger partial charge in [-0.25, -0.2) is 0 Å². The highest BCUT2D eigenvalue weighted by Gasteiger charge is 2.29. The summed E-state index contributed by atoms with van der Waals surface area (Å²) in [5.41, 5.74) is -0.339. The van der Waals surface area contributed by atoms with E-state index >= 15 is 0 Å². The van der Waals surface area contributed by atoms with Crippen molar-refractivity contribution in [2.45, 2.75) is 25.4 Å². The van der Waals surface area contributed by atoms with Gasteiger partial charge in [0.15, 0.2) is 0 Å². The summed E-state index contributed by atoms with van der Waals surface area (Å²) in [6.45, 7) is 9.91. The van der Waals surface area contributed by atoms with Gasteiger partial charge in [-0.3, -0.25) is 0 Å². The first-order valence-electron chi connectivity index (χ1n) is 7.60. The van der Waals surface area contributed by atoms with Crippen molar-refractivity contribution >= 4 is 19.4 Å². The fourth-order valence-electron chi connectivity index (χ4n) is 2.28. The van der Waals surface area contributed by atoms with Crippen LogP contribution in [0.25, 0.3) is 0 Å². The molecular weight excluding hydrogens is 284 g/mol. The Morgan fingerprint density at radius 1 is 0.955 bits per heavy atom. The minimum atomic E-state index is -1.30. The van der Waals surface area contributed by atoms with Gasteiger partial charge in [0, 0.05) is 0 Å². The first kappa shape index (κ1) is 16.5. The van der Waals surface area contributed by atoms with Gasteiger partial charge in [-0.05, 0) is 30.1 Å². The van der Waals surface area contributed by atoms with Crippen molar-refractivity contribution < 1.29 is 4.43 Å². The highest BCUT2D eigenvalue weighted by molar-refractivity contribution is 6.80. The van der Waals surface area contributed by atoms with E-state index in [9.17, 15) is 0 Å². The molecule has 1 nitrogen and oxygen atoms in total. The SMILES string of the molecule is C=CCCC(C)(C=C)O[Si](c1ccccc1)c1ccccc1. The van der Waals surface area contributed by atoms with Crippen LogP contribution in [-0.4, -0.2) is 14.6 Å². The van der Waals surface area contributed by atoms with E-state index in [-0.39, 0.29) is 5.60 Å². The van der Waals surface area contributed by atoms with Crippen molar-refractivity contribution in [2.24, 2.45) is 0 Å². The molecule has 0 aliphatic rings. The topological polar surface area (TPSA) is 9.23 Å². The maximum Gasteiger partial charge on any atom is 0.283 e. The van der Waals surface area contributed by atoms with Crippen LogP contribution in [-0.2, 0) is 4.43 Å². The molecule has 1 radical (unpaired) electrons. The molecule has 2 rings (SSSR count). The van der Waals surface area contributed by atoms with Gasteiger partial charge in [0.1, 0.15) is 0 Å². The third kappa shape index (κ3) is 4.29. The zero-order valence-electron chi connectivity index (χ0n) is 13.2. The van der Waals surface area contributed by atoms with Gasteiger partial charge in [-0.2, -0.15) is 0 Å². The molecule has 2 aromatic rings. The van der Waals surface area contributed by atoms with Crippen LogP contribution in [0.1, 0.15) is 19.8 Å². The number of rotatable bonds is 8. The monoisotopic (exact) mass is 307 g/mol. The average Bonchev–Trinajstić information content (AvgIpc) is 2.59. The van der Waals surface area contributed by atoms with Crippen LogP contribution in [0.3, 0.4) is 0 Å². The predicted molar refractivity (Wildman–Crippen MR) is 97.0 cm³/mol. The molecule has 113 valence electrons. The summed E-state index contributed by atoms with van der Waals surface area (Å²) in [4.78, 5) is 0. The smallest absolute Gasteiger partial charge is 0.283 e. The maximum atomic E-state index is 6.60. The Balaban J connectivity index is 2.33. The number of benzene rings is 2. The highest BCUT2D eigenvalue weighted by atomic mass is 28.3. The summed E-state index contributed by atoms with van der Waals surface area (Å²) in [5, 5.41) is 2.51. The maximum absolute atomic E-state index is 6.60. The zero-order valence-corrected chi connectivity index (χ0v) is 14.2. The number of hydrogen-bond donors (Lipinski definition) is 0. The van der Waals surface area contributed by atoms with E-state index in [1.54, 1.807) is 0 Å². The third-order valence-corrected chi connectivity index (χ3v) is 6.07. The molecular formula is C20H23OSi. The molecule has 0 amide bonds. The average molecular weight is 307 g/mol. The van der Waals surface area contributed by atoms with Gasteiger partial charge in [0.05, 0.1) is 5.60 Å². The van der Waals surface area contributed by atoms with Crippen LogP contribution in [0.5, 0.6) is 0 Å². The Kier molecular flexibility index (Phi) is 5.93. The van der Waals surface area contributed by atoms with Gasteiger partial charge in [0.25, 0.3) is 9.04 Å². The molecule has 2 aromatic carbocycles. The minimum absolute atomic E-state index is 0.339. The lowest BCUT2D eigenvalue weighted by molar-refractivity contribution is 0.137. The van der Waals surface area contributed by atoms with E-state index in [1.807, 2.05) is 24.3 Å². The summed E-state index contributed by atoms with van der Waals surface area (Å²) in [6, 6.07) is 21.0. The second-order valence-corrected chi connectivity index (χ2v) is 7.52. The van der Waals surface area contributed by atoms with Crippen molar-refractivity contribution in [1.29, 1.82) is 0 Å². The Morgan fingerprint density at radius 3 is 1.86 bits per heavy atom. The lowest BCUT2D eigenvalue weighted by Gasteiger charge is -2.31. The van der Waals surface area contributed by atoms with Gasteiger partial charge in [0.2, 0.25) is 0 Å². The summed E-state index contributed by atoms with van der Waals surface area (Å²) in [5.74, 6) is 0. The summed E-state index contributed by atoms with van der Waals surface area (Å²) >= 11 is 0. The molecule has 1 atom stereocenters. The highest BCUT2D eigenvalue weighted by Crippen LogP contribution is 2.20. The summed E-state index contributed by atoms with van der Waals surface area (Å²) in [7, 11) is -1.30. The van der Waals surface area contributed by atoms with E-state index in [0.717, 1.165) is 12.8 Å². The normalized spacial score (nSPS) is 13.5. The van der Waals surface area contributed by atoms with Crippen LogP contribution in [0.4, 0.5) is 0 Å². The van der Waals surface area contributed by atoms with Gasteiger partial charge >= 0.3 is 0 Å². The third-order valence-electron chi connectivity index (χ3n) is 3.68. The first-order valence-corrected chi connectivity index (χ1v) is 9.00. The van der Waals surface area contributed by atoms with E-state index in [0.29, 0.717) is 0 Å². The molecule has 0 fully saturated rings. The van der Waals surface area contributed by atoms with E-state index in [2.05, 4.69) is 68.6 Å². The van der Waals surface area contributed by atoms with Gasteiger partial charge < -0.3 is 4.43 Å². The molecule has 0 bridgehead atoms. The van der Waals surface area contributed by atoms with Crippen LogP contribution in [0, 0.1) is 0 Å². The van der Waals surface area contributed by atoms with Crippen molar-refractivity contribution in [3.8, 4) is 0 Å². The fourth-order valence-corrected chi connectivity index (χ4v) is 4.49. The summed E-state index contributed by atoms with van der Waals surface area (Å²) in [6.07, 6.45) is 5.67. The second kappa shape index (κ2) is 7.92. The molecule has 1 unspecified atom stereocenters. The molecule has 0 saturated carbocycles. The number of allylic oxidation sites excluding steroid dienone is 1. The molecule has 0 saturated heterocycles. The van der Waals surface area contributed by atoms with Crippen molar-refractivity contribution in [3.63, 3.8) is 0 Å². The predicted octanol–water partition coefficient (Wildman–Crippen LogP) is 3.72. The van der Waals surface area contributed by atoms with Crippen molar-refractivity contribution in [1.82, 2.24) is 0 Å². The Bertz CT molecular complexity index is 554. The Hall–Kier alpha value is -1.90. The van der Waals surface area contributed by atoms with Crippen molar-refractivity contribution in [2.75, 3.05) is 0 Å². The molecule has 0 aliphatic carbocycles. The quantitative estimate of drug-likeness (QED) is 0.533. The van der Waals surface area contributed by atoms with Crippen LogP contribution < -0.4 is 10.4 Å². The van der Waals surface area contributed by atoms with Gasteiger partial charge in [-0.1, -0.05) is 72.8 Å². The molecule has 0 N–H and O–H groups in total. The van der Waals surface area contributed by atoms with E-state index in [1.165, 1.54) is 10.4 Å². The second-order valence-electron chi connectivity index (χ2n) is 5.51. The molecule has 0 aromatic heterocycles. The Morgan fingerprint density at radius 2 is 1.45 bits per heavy atom. The summed E-state index contributed by atoms with van der Waals surface area (Å²) < 4.78 is 6.60.